The third-order valence-corrected chi connectivity index (χ3v) is 2.31. The molecule has 80 valence electrons. The second-order valence-electron chi connectivity index (χ2n) is 3.36. The predicted octanol–water partition coefficient (Wildman–Crippen LogP) is 2.70. The summed E-state index contributed by atoms with van der Waals surface area (Å²) in [4.78, 5) is 11.3. The first kappa shape index (κ1) is 10.0. The molecule has 2 rings (SSSR count). The number of ketones is 1. The summed E-state index contributed by atoms with van der Waals surface area (Å²) in [7, 11) is 0. The molecule has 0 bridgehead atoms. The van der Waals surface area contributed by atoms with E-state index >= 15 is 0 Å². The van der Waals surface area contributed by atoms with Gasteiger partial charge in [0.1, 0.15) is 0 Å². The van der Waals surface area contributed by atoms with Crippen molar-refractivity contribution in [1.29, 1.82) is 0 Å². The fourth-order valence-corrected chi connectivity index (χ4v) is 1.56. The Morgan fingerprint density at radius 3 is 2.67 bits per heavy atom. The molecule has 1 aliphatic rings. The van der Waals surface area contributed by atoms with Crippen LogP contribution < -0.4 is 5.32 Å². The number of nitrogens with one attached hydrogen (secondary N) is 1. The van der Waals surface area contributed by atoms with Gasteiger partial charge >= 0.3 is 6.18 Å². The lowest BCUT2D eigenvalue weighted by molar-refractivity contribution is -0.137. The zero-order valence-corrected chi connectivity index (χ0v) is 7.69. The minimum Gasteiger partial charge on any atom is -0.384 e. The third kappa shape index (κ3) is 1.82. The minimum absolute atomic E-state index is 0.113. The van der Waals surface area contributed by atoms with E-state index in [2.05, 4.69) is 5.32 Å². The highest BCUT2D eigenvalue weighted by atomic mass is 19.4. The van der Waals surface area contributed by atoms with E-state index in [1.165, 1.54) is 6.07 Å². The van der Waals surface area contributed by atoms with Crippen LogP contribution in [0.5, 0.6) is 0 Å². The van der Waals surface area contributed by atoms with Crippen molar-refractivity contribution in [2.75, 3.05) is 11.9 Å². The van der Waals surface area contributed by atoms with Gasteiger partial charge in [0.2, 0.25) is 0 Å². The van der Waals surface area contributed by atoms with Crippen LogP contribution in [0.15, 0.2) is 18.2 Å². The summed E-state index contributed by atoms with van der Waals surface area (Å²) in [6.45, 7) is 0.396. The number of rotatable bonds is 0. The van der Waals surface area contributed by atoms with E-state index < -0.39 is 11.7 Å². The molecule has 5 heteroatoms. The molecule has 1 aromatic carbocycles. The Morgan fingerprint density at radius 2 is 2.00 bits per heavy atom. The summed E-state index contributed by atoms with van der Waals surface area (Å²) in [5.41, 5.74) is -0.112. The van der Waals surface area contributed by atoms with Crippen LogP contribution in [0, 0.1) is 0 Å². The monoisotopic (exact) mass is 215 g/mol. The number of benzene rings is 1. The second kappa shape index (κ2) is 3.25. The van der Waals surface area contributed by atoms with Gasteiger partial charge in [0.15, 0.2) is 5.78 Å². The smallest absolute Gasteiger partial charge is 0.384 e. The number of anilines is 1. The highest BCUT2D eigenvalue weighted by Gasteiger charge is 2.31. The first-order valence-electron chi connectivity index (χ1n) is 4.47. The van der Waals surface area contributed by atoms with Crippen molar-refractivity contribution in [3.8, 4) is 0 Å². The fourth-order valence-electron chi connectivity index (χ4n) is 1.56. The standard InChI is InChI=1S/C10H8F3NO/c11-10(12,13)6-1-2-7-8(5-6)14-4-3-9(7)15/h1-2,5,14H,3-4H2. The summed E-state index contributed by atoms with van der Waals surface area (Å²) in [6, 6.07) is 3.14. The zero-order chi connectivity index (χ0) is 11.1. The molecule has 0 fully saturated rings. The van der Waals surface area contributed by atoms with Crippen molar-refractivity contribution in [2.45, 2.75) is 12.6 Å². The molecule has 0 radical (unpaired) electrons. The van der Waals surface area contributed by atoms with Gasteiger partial charge in [0.25, 0.3) is 0 Å². The molecular weight excluding hydrogens is 207 g/mol. The largest absolute Gasteiger partial charge is 0.416 e. The number of hydrogen-bond acceptors (Lipinski definition) is 2. The minimum atomic E-state index is -4.36. The molecule has 1 heterocycles. The van der Waals surface area contributed by atoms with E-state index in [1.807, 2.05) is 0 Å². The Hall–Kier alpha value is -1.52. The van der Waals surface area contributed by atoms with Crippen LogP contribution in [0.3, 0.4) is 0 Å². The predicted molar refractivity (Wildman–Crippen MR) is 48.9 cm³/mol. The molecule has 0 saturated carbocycles. The molecule has 1 N–H and O–H groups in total. The van der Waals surface area contributed by atoms with E-state index in [1.54, 1.807) is 0 Å². The van der Waals surface area contributed by atoms with Crippen molar-refractivity contribution in [3.63, 3.8) is 0 Å². The first-order chi connectivity index (χ1) is 6.98. The van der Waals surface area contributed by atoms with E-state index in [0.717, 1.165) is 12.1 Å². The van der Waals surface area contributed by atoms with Gasteiger partial charge in [-0.1, -0.05) is 0 Å². The molecule has 0 saturated heterocycles. The van der Waals surface area contributed by atoms with E-state index in [9.17, 15) is 18.0 Å². The van der Waals surface area contributed by atoms with Crippen molar-refractivity contribution in [1.82, 2.24) is 0 Å². The van der Waals surface area contributed by atoms with Gasteiger partial charge in [-0.3, -0.25) is 4.79 Å². The van der Waals surface area contributed by atoms with E-state index in [-0.39, 0.29) is 11.5 Å². The molecule has 15 heavy (non-hydrogen) atoms. The first-order valence-corrected chi connectivity index (χ1v) is 4.47. The summed E-state index contributed by atoms with van der Waals surface area (Å²) >= 11 is 0. The maximum Gasteiger partial charge on any atom is 0.416 e. The molecular formula is C10H8F3NO. The van der Waals surface area contributed by atoms with E-state index in [4.69, 9.17) is 0 Å². The molecule has 2 nitrogen and oxygen atoms in total. The van der Waals surface area contributed by atoms with Crippen LogP contribution in [-0.4, -0.2) is 12.3 Å². The maximum atomic E-state index is 12.3. The average Bonchev–Trinajstić information content (AvgIpc) is 2.16. The Bertz CT molecular complexity index is 412. The van der Waals surface area contributed by atoms with Gasteiger partial charge in [-0.25, -0.2) is 0 Å². The molecule has 1 aliphatic heterocycles. The zero-order valence-electron chi connectivity index (χ0n) is 7.69. The Balaban J connectivity index is 2.46. The third-order valence-electron chi connectivity index (χ3n) is 2.31. The lowest BCUT2D eigenvalue weighted by Gasteiger charge is -2.18. The number of carbonyl (C=O) groups excluding carboxylic acids is 1. The SMILES string of the molecule is O=C1CCNc2cc(C(F)(F)F)ccc21. The quantitative estimate of drug-likeness (QED) is 0.720. The van der Waals surface area contributed by atoms with Crippen LogP contribution in [0.25, 0.3) is 0 Å². The van der Waals surface area contributed by atoms with Crippen molar-refractivity contribution in [3.05, 3.63) is 29.3 Å². The Labute approximate surface area is 84.1 Å². The van der Waals surface area contributed by atoms with Crippen LogP contribution in [0.4, 0.5) is 18.9 Å². The topological polar surface area (TPSA) is 29.1 Å². The van der Waals surface area contributed by atoms with Gasteiger partial charge in [0.05, 0.1) is 5.56 Å². The molecule has 0 atom stereocenters. The van der Waals surface area contributed by atoms with Crippen molar-refractivity contribution in [2.24, 2.45) is 0 Å². The lowest BCUT2D eigenvalue weighted by atomic mass is 10.00. The van der Waals surface area contributed by atoms with Gasteiger partial charge in [0, 0.05) is 24.2 Å². The summed E-state index contributed by atoms with van der Waals surface area (Å²) in [5, 5.41) is 2.78. The highest BCUT2D eigenvalue weighted by Crippen LogP contribution is 2.33. The van der Waals surface area contributed by atoms with Gasteiger partial charge in [-0.05, 0) is 18.2 Å². The second-order valence-corrected chi connectivity index (χ2v) is 3.36. The molecule has 0 aromatic heterocycles. The number of halogens is 3. The molecule has 0 spiro atoms. The van der Waals surface area contributed by atoms with Crippen molar-refractivity contribution >= 4 is 11.5 Å². The van der Waals surface area contributed by atoms with Gasteiger partial charge in [-0.2, -0.15) is 13.2 Å². The normalized spacial score (nSPS) is 15.8. The van der Waals surface area contributed by atoms with Crippen LogP contribution in [0.2, 0.25) is 0 Å². The Kier molecular flexibility index (Phi) is 2.17. The summed E-state index contributed by atoms with van der Waals surface area (Å²) in [5.74, 6) is -0.113. The summed E-state index contributed by atoms with van der Waals surface area (Å²) in [6.07, 6.45) is -4.03. The van der Waals surface area contributed by atoms with E-state index in [0.29, 0.717) is 18.5 Å². The molecule has 0 unspecified atom stereocenters. The van der Waals surface area contributed by atoms with Crippen LogP contribution >= 0.6 is 0 Å². The van der Waals surface area contributed by atoms with Gasteiger partial charge in [-0.15, -0.1) is 0 Å². The Morgan fingerprint density at radius 1 is 1.27 bits per heavy atom. The average molecular weight is 215 g/mol. The number of Topliss-reactive ketones (excluding diaryl/α,β-unsaturated/α-hetero) is 1. The molecule has 0 aliphatic carbocycles. The number of alkyl halides is 3. The molecule has 0 amide bonds. The fraction of sp³-hybridized carbons (Fsp3) is 0.300. The number of carbonyl (C=O) groups is 1. The highest BCUT2D eigenvalue weighted by molar-refractivity contribution is 6.03. The van der Waals surface area contributed by atoms with Gasteiger partial charge < -0.3 is 5.32 Å². The van der Waals surface area contributed by atoms with Crippen LogP contribution in [-0.2, 0) is 6.18 Å². The van der Waals surface area contributed by atoms with Crippen LogP contribution in [0.1, 0.15) is 22.3 Å². The number of hydrogen-bond donors (Lipinski definition) is 1. The maximum absolute atomic E-state index is 12.3. The number of fused-ring (bicyclic) bond motifs is 1. The molecule has 1 aromatic rings. The lowest BCUT2D eigenvalue weighted by Crippen LogP contribution is -2.19. The van der Waals surface area contributed by atoms with Crippen molar-refractivity contribution < 1.29 is 18.0 Å². The summed E-state index contributed by atoms with van der Waals surface area (Å²) < 4.78 is 37.0.